The lowest BCUT2D eigenvalue weighted by molar-refractivity contribution is -0.149. The van der Waals surface area contributed by atoms with Crippen molar-refractivity contribution in [1.29, 1.82) is 5.26 Å². The average molecular weight is 224 g/mol. The number of esters is 1. The van der Waals surface area contributed by atoms with Crippen molar-refractivity contribution in [1.82, 2.24) is 5.32 Å². The van der Waals surface area contributed by atoms with Crippen LogP contribution in [0.5, 0.6) is 0 Å². The molecule has 16 heavy (non-hydrogen) atoms. The quantitative estimate of drug-likeness (QED) is 0.404. The van der Waals surface area contributed by atoms with E-state index in [1.807, 2.05) is 6.07 Å². The highest BCUT2D eigenvalue weighted by Gasteiger charge is 2.23. The molecule has 1 aliphatic heterocycles. The van der Waals surface area contributed by atoms with E-state index in [2.05, 4.69) is 5.32 Å². The summed E-state index contributed by atoms with van der Waals surface area (Å²) < 4.78 is 10.3. The van der Waals surface area contributed by atoms with Crippen LogP contribution in [0, 0.1) is 11.3 Å². The van der Waals surface area contributed by atoms with Crippen LogP contribution >= 0.6 is 0 Å². The molecule has 1 rings (SSSR count). The molecule has 0 saturated carbocycles. The van der Waals surface area contributed by atoms with Gasteiger partial charge in [0.1, 0.15) is 11.7 Å². The maximum absolute atomic E-state index is 11.7. The Morgan fingerprint density at radius 1 is 1.56 bits per heavy atom. The number of hydrogen-bond donors (Lipinski definition) is 1. The van der Waals surface area contributed by atoms with Gasteiger partial charge in [-0.2, -0.15) is 5.26 Å². The fraction of sp³-hybridized carbons (Fsp3) is 0.636. The maximum atomic E-state index is 11.7. The van der Waals surface area contributed by atoms with Crippen LogP contribution in [0.15, 0.2) is 11.3 Å². The van der Waals surface area contributed by atoms with Gasteiger partial charge in [0.15, 0.2) is 5.57 Å². The Balaban J connectivity index is 2.82. The number of nitriles is 1. The van der Waals surface area contributed by atoms with Crippen molar-refractivity contribution in [3.8, 4) is 6.07 Å². The predicted molar refractivity (Wildman–Crippen MR) is 57.3 cm³/mol. The summed E-state index contributed by atoms with van der Waals surface area (Å²) in [6, 6.07) is 1.86. The number of ether oxygens (including phenoxy) is 2. The van der Waals surface area contributed by atoms with Crippen LogP contribution in [0.25, 0.3) is 0 Å². The second kappa shape index (κ2) is 4.99. The van der Waals surface area contributed by atoms with E-state index >= 15 is 0 Å². The van der Waals surface area contributed by atoms with E-state index in [4.69, 9.17) is 14.7 Å². The van der Waals surface area contributed by atoms with Gasteiger partial charge in [-0.05, 0) is 20.8 Å². The largest absolute Gasteiger partial charge is 0.456 e. The third-order valence-electron chi connectivity index (χ3n) is 1.85. The highest BCUT2D eigenvalue weighted by atomic mass is 16.6. The predicted octanol–water partition coefficient (Wildman–Crippen LogP) is 0.726. The first kappa shape index (κ1) is 12.5. The van der Waals surface area contributed by atoms with Crippen LogP contribution in [0.4, 0.5) is 0 Å². The number of hydrogen-bond acceptors (Lipinski definition) is 5. The molecule has 0 unspecified atom stereocenters. The lowest BCUT2D eigenvalue weighted by atomic mass is 10.1. The summed E-state index contributed by atoms with van der Waals surface area (Å²) in [5, 5.41) is 11.9. The third-order valence-corrected chi connectivity index (χ3v) is 1.85. The molecule has 1 N–H and O–H groups in total. The van der Waals surface area contributed by atoms with E-state index in [1.54, 1.807) is 20.8 Å². The number of carbonyl (C=O) groups excluding carboxylic acids is 1. The minimum absolute atomic E-state index is 0.00498. The zero-order valence-electron chi connectivity index (χ0n) is 9.79. The Bertz CT molecular complexity index is 339. The first-order chi connectivity index (χ1) is 7.44. The summed E-state index contributed by atoms with van der Waals surface area (Å²) in [4.78, 5) is 11.7. The van der Waals surface area contributed by atoms with Crippen molar-refractivity contribution in [2.75, 3.05) is 19.8 Å². The summed E-state index contributed by atoms with van der Waals surface area (Å²) in [6.45, 7) is 6.71. The molecule has 0 bridgehead atoms. The summed E-state index contributed by atoms with van der Waals surface area (Å²) in [5.41, 5.74) is -0.104. The number of rotatable bonds is 1. The lowest BCUT2D eigenvalue weighted by Gasteiger charge is -2.22. The van der Waals surface area contributed by atoms with Gasteiger partial charge in [-0.25, -0.2) is 4.79 Å². The Morgan fingerprint density at radius 2 is 2.25 bits per heavy atom. The van der Waals surface area contributed by atoms with Crippen molar-refractivity contribution in [2.24, 2.45) is 0 Å². The highest BCUT2D eigenvalue weighted by Crippen LogP contribution is 2.13. The highest BCUT2D eigenvalue weighted by molar-refractivity contribution is 5.93. The molecule has 0 amide bonds. The van der Waals surface area contributed by atoms with Gasteiger partial charge in [-0.15, -0.1) is 0 Å². The van der Waals surface area contributed by atoms with Crippen molar-refractivity contribution < 1.29 is 14.3 Å². The van der Waals surface area contributed by atoms with E-state index in [1.165, 1.54) is 0 Å². The normalized spacial score (nSPS) is 19.4. The van der Waals surface area contributed by atoms with Gasteiger partial charge < -0.3 is 14.8 Å². The first-order valence-corrected chi connectivity index (χ1v) is 5.12. The lowest BCUT2D eigenvalue weighted by Crippen LogP contribution is -2.33. The maximum Gasteiger partial charge on any atom is 0.351 e. The SMILES string of the molecule is CC(C)(C)OC(=O)/C(C#N)=C1\COCCN1. The molecule has 0 aromatic rings. The van der Waals surface area contributed by atoms with Gasteiger partial charge in [0.2, 0.25) is 0 Å². The molecule has 1 aliphatic rings. The van der Waals surface area contributed by atoms with Gasteiger partial charge in [0, 0.05) is 6.54 Å². The zero-order valence-corrected chi connectivity index (χ0v) is 9.79. The Kier molecular flexibility index (Phi) is 3.91. The Hall–Kier alpha value is -1.54. The van der Waals surface area contributed by atoms with Crippen LogP contribution in [0.1, 0.15) is 20.8 Å². The molecule has 0 spiro atoms. The van der Waals surface area contributed by atoms with Crippen molar-refractivity contribution >= 4 is 5.97 Å². The monoisotopic (exact) mass is 224 g/mol. The average Bonchev–Trinajstić information content (AvgIpc) is 2.17. The topological polar surface area (TPSA) is 71.4 Å². The van der Waals surface area contributed by atoms with E-state index in [9.17, 15) is 4.79 Å². The molecule has 5 nitrogen and oxygen atoms in total. The molecule has 0 aromatic carbocycles. The molecule has 0 aliphatic carbocycles. The zero-order chi connectivity index (χ0) is 12.2. The molecule has 1 heterocycles. The molecular weight excluding hydrogens is 208 g/mol. The van der Waals surface area contributed by atoms with Crippen LogP contribution in [0.2, 0.25) is 0 Å². The molecule has 0 aromatic heterocycles. The minimum atomic E-state index is -0.608. The first-order valence-electron chi connectivity index (χ1n) is 5.12. The van der Waals surface area contributed by atoms with Gasteiger partial charge in [-0.3, -0.25) is 0 Å². The summed E-state index contributed by atoms with van der Waals surface area (Å²) >= 11 is 0. The Morgan fingerprint density at radius 3 is 2.69 bits per heavy atom. The van der Waals surface area contributed by atoms with Crippen molar-refractivity contribution in [3.05, 3.63) is 11.3 Å². The number of nitrogens with one attached hydrogen (secondary N) is 1. The van der Waals surface area contributed by atoms with Crippen LogP contribution in [0.3, 0.4) is 0 Å². The Labute approximate surface area is 95.0 Å². The van der Waals surface area contributed by atoms with E-state index in [0.29, 0.717) is 18.8 Å². The molecule has 0 radical (unpaired) electrons. The summed E-state index contributed by atoms with van der Waals surface area (Å²) in [6.07, 6.45) is 0. The van der Waals surface area contributed by atoms with E-state index < -0.39 is 11.6 Å². The van der Waals surface area contributed by atoms with Gasteiger partial charge in [-0.1, -0.05) is 0 Å². The van der Waals surface area contributed by atoms with Crippen LogP contribution in [-0.2, 0) is 14.3 Å². The smallest absolute Gasteiger partial charge is 0.351 e. The van der Waals surface area contributed by atoms with Gasteiger partial charge >= 0.3 is 5.97 Å². The minimum Gasteiger partial charge on any atom is -0.456 e. The number of carbonyl (C=O) groups is 1. The van der Waals surface area contributed by atoms with E-state index in [0.717, 1.165) is 0 Å². The fourth-order valence-corrected chi connectivity index (χ4v) is 1.23. The summed E-state index contributed by atoms with van der Waals surface area (Å²) in [7, 11) is 0. The molecule has 1 fully saturated rings. The third kappa shape index (κ3) is 3.55. The standard InChI is InChI=1S/C11H16N2O3/c1-11(2,3)16-10(14)8(6-12)9-7-15-5-4-13-9/h13H,4-5,7H2,1-3H3/b9-8+. The van der Waals surface area contributed by atoms with Crippen LogP contribution < -0.4 is 5.32 Å². The number of nitrogens with zero attached hydrogens (tertiary/aromatic N) is 1. The van der Waals surface area contributed by atoms with Gasteiger partial charge in [0.05, 0.1) is 18.9 Å². The fourth-order valence-electron chi connectivity index (χ4n) is 1.23. The number of morpholine rings is 1. The summed E-state index contributed by atoms with van der Waals surface area (Å²) in [5.74, 6) is -0.608. The van der Waals surface area contributed by atoms with E-state index in [-0.39, 0.29) is 12.2 Å². The molecule has 1 saturated heterocycles. The molecular formula is C11H16N2O3. The van der Waals surface area contributed by atoms with Crippen LogP contribution in [-0.4, -0.2) is 31.3 Å². The molecule has 0 atom stereocenters. The second-order valence-electron chi connectivity index (χ2n) is 4.45. The molecule has 88 valence electrons. The second-order valence-corrected chi connectivity index (χ2v) is 4.45. The van der Waals surface area contributed by atoms with Crippen molar-refractivity contribution in [3.63, 3.8) is 0 Å². The van der Waals surface area contributed by atoms with Gasteiger partial charge in [0.25, 0.3) is 0 Å². The van der Waals surface area contributed by atoms with Crippen molar-refractivity contribution in [2.45, 2.75) is 26.4 Å². The molecule has 5 heteroatoms.